The molecule has 3 N–H and O–H groups in total. The van der Waals surface area contributed by atoms with E-state index in [9.17, 15) is 14.4 Å². The SMILES string of the molecule is COC(=O)c1cc(OC2CNC2)ccc1NC(=O)C(=O)NCc1ccc(Cl)cc1. The number of hydrogen-bond acceptors (Lipinski definition) is 6. The third-order valence-electron chi connectivity index (χ3n) is 4.26. The molecular formula is C20H20ClN3O5. The van der Waals surface area contributed by atoms with Crippen molar-refractivity contribution < 1.29 is 23.9 Å². The Morgan fingerprint density at radius 3 is 2.45 bits per heavy atom. The zero-order valence-electron chi connectivity index (χ0n) is 15.7. The van der Waals surface area contributed by atoms with Gasteiger partial charge >= 0.3 is 17.8 Å². The summed E-state index contributed by atoms with van der Waals surface area (Å²) in [6, 6.07) is 11.5. The summed E-state index contributed by atoms with van der Waals surface area (Å²) in [7, 11) is 1.23. The lowest BCUT2D eigenvalue weighted by Gasteiger charge is -2.28. The number of ether oxygens (including phenoxy) is 2. The number of esters is 1. The fourth-order valence-corrected chi connectivity index (χ4v) is 2.69. The number of anilines is 1. The monoisotopic (exact) mass is 417 g/mol. The van der Waals surface area contributed by atoms with Crippen molar-refractivity contribution in [1.29, 1.82) is 0 Å². The van der Waals surface area contributed by atoms with Crippen molar-refractivity contribution in [2.24, 2.45) is 0 Å². The first-order chi connectivity index (χ1) is 14.0. The highest BCUT2D eigenvalue weighted by Gasteiger charge is 2.22. The van der Waals surface area contributed by atoms with Crippen LogP contribution in [0.3, 0.4) is 0 Å². The molecule has 0 saturated carbocycles. The minimum atomic E-state index is -0.902. The lowest BCUT2D eigenvalue weighted by Crippen LogP contribution is -2.50. The maximum absolute atomic E-state index is 12.2. The second kappa shape index (κ2) is 9.40. The van der Waals surface area contributed by atoms with Gasteiger partial charge in [-0.2, -0.15) is 0 Å². The topological polar surface area (TPSA) is 106 Å². The lowest BCUT2D eigenvalue weighted by atomic mass is 10.1. The van der Waals surface area contributed by atoms with Gasteiger partial charge in [0.25, 0.3) is 0 Å². The van der Waals surface area contributed by atoms with Crippen molar-refractivity contribution in [3.05, 3.63) is 58.6 Å². The first-order valence-electron chi connectivity index (χ1n) is 8.89. The molecule has 1 aliphatic heterocycles. The Balaban J connectivity index is 1.65. The summed E-state index contributed by atoms with van der Waals surface area (Å²) >= 11 is 5.82. The summed E-state index contributed by atoms with van der Waals surface area (Å²) in [6.45, 7) is 1.61. The minimum Gasteiger partial charge on any atom is -0.488 e. The van der Waals surface area contributed by atoms with E-state index in [1.54, 1.807) is 30.3 Å². The van der Waals surface area contributed by atoms with Gasteiger partial charge < -0.3 is 25.4 Å². The summed E-state index contributed by atoms with van der Waals surface area (Å²) in [5.74, 6) is -1.92. The number of hydrogen-bond donors (Lipinski definition) is 3. The van der Waals surface area contributed by atoms with Crippen molar-refractivity contribution in [2.45, 2.75) is 12.6 Å². The highest BCUT2D eigenvalue weighted by atomic mass is 35.5. The van der Waals surface area contributed by atoms with Gasteiger partial charge in [-0.05, 0) is 35.9 Å². The largest absolute Gasteiger partial charge is 0.488 e. The number of halogens is 1. The zero-order chi connectivity index (χ0) is 20.8. The van der Waals surface area contributed by atoms with Crippen molar-refractivity contribution in [3.63, 3.8) is 0 Å². The molecule has 1 fully saturated rings. The van der Waals surface area contributed by atoms with E-state index in [2.05, 4.69) is 16.0 Å². The van der Waals surface area contributed by atoms with E-state index in [0.717, 1.165) is 18.7 Å². The number of methoxy groups -OCH3 is 1. The van der Waals surface area contributed by atoms with E-state index in [-0.39, 0.29) is 23.9 Å². The number of carbonyl (C=O) groups is 3. The highest BCUT2D eigenvalue weighted by molar-refractivity contribution is 6.40. The summed E-state index contributed by atoms with van der Waals surface area (Å²) in [6.07, 6.45) is 0.0274. The fourth-order valence-electron chi connectivity index (χ4n) is 2.57. The Bertz CT molecular complexity index is 913. The predicted octanol–water partition coefficient (Wildman–Crippen LogP) is 1.73. The number of rotatable bonds is 6. The van der Waals surface area contributed by atoms with Crippen LogP contribution in [-0.4, -0.2) is 44.1 Å². The van der Waals surface area contributed by atoms with Gasteiger partial charge in [0.05, 0.1) is 18.4 Å². The molecule has 0 spiro atoms. The molecular weight excluding hydrogens is 398 g/mol. The van der Waals surface area contributed by atoms with Crippen LogP contribution in [0.4, 0.5) is 5.69 Å². The molecule has 0 radical (unpaired) electrons. The molecule has 9 heteroatoms. The van der Waals surface area contributed by atoms with Crippen LogP contribution in [0.2, 0.25) is 5.02 Å². The third kappa shape index (κ3) is 5.46. The van der Waals surface area contributed by atoms with Crippen molar-refractivity contribution in [3.8, 4) is 5.75 Å². The van der Waals surface area contributed by atoms with Crippen molar-refractivity contribution in [1.82, 2.24) is 10.6 Å². The molecule has 8 nitrogen and oxygen atoms in total. The maximum Gasteiger partial charge on any atom is 0.340 e. The summed E-state index contributed by atoms with van der Waals surface area (Å²) in [4.78, 5) is 36.4. The van der Waals surface area contributed by atoms with Crippen LogP contribution in [0.25, 0.3) is 0 Å². The van der Waals surface area contributed by atoms with E-state index in [1.165, 1.54) is 19.2 Å². The summed E-state index contributed by atoms with van der Waals surface area (Å²) in [5, 5.41) is 8.61. The van der Waals surface area contributed by atoms with E-state index >= 15 is 0 Å². The highest BCUT2D eigenvalue weighted by Crippen LogP contribution is 2.24. The lowest BCUT2D eigenvalue weighted by molar-refractivity contribution is -0.136. The van der Waals surface area contributed by atoms with Crippen LogP contribution in [0.5, 0.6) is 5.75 Å². The first kappa shape index (κ1) is 20.6. The molecule has 2 aromatic carbocycles. The van der Waals surface area contributed by atoms with E-state index < -0.39 is 17.8 Å². The molecule has 0 bridgehead atoms. The average molecular weight is 418 g/mol. The number of benzene rings is 2. The summed E-state index contributed by atoms with van der Waals surface area (Å²) in [5.41, 5.74) is 1.04. The van der Waals surface area contributed by atoms with E-state index in [1.807, 2.05) is 0 Å². The van der Waals surface area contributed by atoms with Crippen LogP contribution in [0.1, 0.15) is 15.9 Å². The molecule has 1 saturated heterocycles. The molecule has 0 unspecified atom stereocenters. The number of amides is 2. The molecule has 29 heavy (non-hydrogen) atoms. The van der Waals surface area contributed by atoms with Gasteiger partial charge in [-0.25, -0.2) is 4.79 Å². The second-order valence-corrected chi connectivity index (χ2v) is 6.80. The molecule has 3 rings (SSSR count). The Hall–Kier alpha value is -3.10. The normalized spacial score (nSPS) is 13.2. The molecule has 1 heterocycles. The van der Waals surface area contributed by atoms with Crippen LogP contribution >= 0.6 is 11.6 Å². The summed E-state index contributed by atoms with van der Waals surface area (Å²) < 4.78 is 10.5. The van der Waals surface area contributed by atoms with Gasteiger partial charge in [-0.15, -0.1) is 0 Å². The van der Waals surface area contributed by atoms with Gasteiger partial charge in [-0.1, -0.05) is 23.7 Å². The number of nitrogens with one attached hydrogen (secondary N) is 3. The van der Waals surface area contributed by atoms with Crippen molar-refractivity contribution in [2.75, 3.05) is 25.5 Å². The Kier molecular flexibility index (Phi) is 6.69. The van der Waals surface area contributed by atoms with Crippen LogP contribution in [0.15, 0.2) is 42.5 Å². The molecule has 1 aliphatic rings. The van der Waals surface area contributed by atoms with Gasteiger partial charge in [0, 0.05) is 24.7 Å². The molecule has 2 aromatic rings. The van der Waals surface area contributed by atoms with Crippen LogP contribution in [-0.2, 0) is 20.9 Å². The van der Waals surface area contributed by atoms with Crippen molar-refractivity contribution >= 4 is 35.1 Å². The Labute approximate surface area is 172 Å². The molecule has 0 aliphatic carbocycles. The van der Waals surface area contributed by atoms with Crippen LogP contribution < -0.4 is 20.7 Å². The minimum absolute atomic E-state index is 0.0274. The smallest absolute Gasteiger partial charge is 0.340 e. The molecule has 2 amide bonds. The first-order valence-corrected chi connectivity index (χ1v) is 9.27. The van der Waals surface area contributed by atoms with E-state index in [0.29, 0.717) is 10.8 Å². The van der Waals surface area contributed by atoms with E-state index in [4.69, 9.17) is 21.1 Å². The standard InChI is InChI=1S/C20H20ClN3O5/c1-28-20(27)16-8-14(29-15-10-22-11-15)6-7-17(16)24-19(26)18(25)23-9-12-2-4-13(21)5-3-12/h2-8,15,22H,9-11H2,1H3,(H,23,25)(H,24,26). The predicted molar refractivity (Wildman–Crippen MR) is 107 cm³/mol. The quantitative estimate of drug-likeness (QED) is 0.488. The molecule has 152 valence electrons. The number of carbonyl (C=O) groups excluding carboxylic acids is 3. The average Bonchev–Trinajstić information content (AvgIpc) is 2.70. The second-order valence-electron chi connectivity index (χ2n) is 6.36. The zero-order valence-corrected chi connectivity index (χ0v) is 16.4. The van der Waals surface area contributed by atoms with Crippen LogP contribution in [0, 0.1) is 0 Å². The van der Waals surface area contributed by atoms with Gasteiger partial charge in [-0.3, -0.25) is 9.59 Å². The fraction of sp³-hybridized carbons (Fsp3) is 0.250. The molecule has 0 atom stereocenters. The third-order valence-corrected chi connectivity index (χ3v) is 4.52. The van der Waals surface area contributed by atoms with Gasteiger partial charge in [0.15, 0.2) is 0 Å². The Morgan fingerprint density at radius 1 is 1.10 bits per heavy atom. The molecule has 0 aromatic heterocycles. The van der Waals surface area contributed by atoms with Gasteiger partial charge in [0.1, 0.15) is 11.9 Å². The van der Waals surface area contributed by atoms with Gasteiger partial charge in [0.2, 0.25) is 0 Å². The maximum atomic E-state index is 12.2. The Morgan fingerprint density at radius 2 is 1.83 bits per heavy atom.